The lowest BCUT2D eigenvalue weighted by Gasteiger charge is -2.21. The third-order valence-corrected chi connectivity index (χ3v) is 5.41. The fourth-order valence-corrected chi connectivity index (χ4v) is 4.36. The maximum absolute atomic E-state index is 12.1. The first-order chi connectivity index (χ1) is 9.22. The number of likely N-dealkylation sites (tertiary alicyclic amines) is 1. The molecule has 3 nitrogen and oxygen atoms in total. The van der Waals surface area contributed by atoms with E-state index in [1.165, 1.54) is 49.8 Å². The monoisotopic (exact) mass is 279 g/mol. The number of rotatable bonds is 3. The van der Waals surface area contributed by atoms with E-state index in [-0.39, 0.29) is 23.6 Å². The van der Waals surface area contributed by atoms with Crippen LogP contribution in [0.4, 0.5) is 0 Å². The quantitative estimate of drug-likeness (QED) is 0.588. The van der Waals surface area contributed by atoms with Crippen LogP contribution in [0.5, 0.6) is 0 Å². The fourth-order valence-electron chi connectivity index (χ4n) is 2.80. The Morgan fingerprint density at radius 2 is 1.79 bits per heavy atom. The molecule has 1 aliphatic carbocycles. The molecule has 4 heteroatoms. The molecule has 1 unspecified atom stereocenters. The lowest BCUT2D eigenvalue weighted by molar-refractivity contribution is -0.137. The third-order valence-electron chi connectivity index (χ3n) is 3.86. The number of hydrogen-bond donors (Lipinski definition) is 0. The first-order valence-corrected chi connectivity index (χ1v) is 8.10. The summed E-state index contributed by atoms with van der Waals surface area (Å²) in [6.07, 6.45) is 14.3. The zero-order chi connectivity index (χ0) is 13.7. The van der Waals surface area contributed by atoms with Gasteiger partial charge in [-0.3, -0.25) is 14.5 Å². The number of hydrogen-bond acceptors (Lipinski definition) is 3. The number of carbonyl (C=O) groups excluding carboxylic acids is 2. The average molecular weight is 279 g/mol. The van der Waals surface area contributed by atoms with E-state index < -0.39 is 0 Å². The standard InChI is InChI=1S/C15H21NO2S/c1-2-10-16-14(17)11-13(15(16)18)19-12-8-6-4-3-5-7-9-12/h1,12-13H,3-11H2. The number of thioether (sulfide) groups is 1. The summed E-state index contributed by atoms with van der Waals surface area (Å²) < 4.78 is 0. The molecule has 104 valence electrons. The Morgan fingerprint density at radius 3 is 2.42 bits per heavy atom. The summed E-state index contributed by atoms with van der Waals surface area (Å²) in [5.74, 6) is 2.21. The summed E-state index contributed by atoms with van der Waals surface area (Å²) in [6, 6.07) is 0. The predicted molar refractivity (Wildman–Crippen MR) is 77.7 cm³/mol. The van der Waals surface area contributed by atoms with Crippen molar-refractivity contribution in [3.63, 3.8) is 0 Å². The predicted octanol–water partition coefficient (Wildman–Crippen LogP) is 2.59. The molecule has 2 rings (SSSR count). The Balaban J connectivity index is 1.90. The average Bonchev–Trinajstić information content (AvgIpc) is 2.61. The van der Waals surface area contributed by atoms with Crippen molar-refractivity contribution in [1.82, 2.24) is 4.90 Å². The molecule has 1 saturated carbocycles. The third kappa shape index (κ3) is 3.76. The van der Waals surface area contributed by atoms with Gasteiger partial charge in [-0.15, -0.1) is 18.2 Å². The van der Waals surface area contributed by atoms with Crippen LogP contribution in [0.2, 0.25) is 0 Å². The molecule has 1 heterocycles. The molecule has 1 aliphatic heterocycles. The molecule has 19 heavy (non-hydrogen) atoms. The van der Waals surface area contributed by atoms with E-state index in [1.54, 1.807) is 11.8 Å². The van der Waals surface area contributed by atoms with E-state index in [9.17, 15) is 9.59 Å². The summed E-state index contributed by atoms with van der Waals surface area (Å²) in [4.78, 5) is 25.1. The first kappa shape index (κ1) is 14.5. The van der Waals surface area contributed by atoms with Crippen molar-refractivity contribution in [3.05, 3.63) is 0 Å². The molecular formula is C15H21NO2S. The Kier molecular flexibility index (Phi) is 5.33. The number of amides is 2. The van der Waals surface area contributed by atoms with Gasteiger partial charge in [0.1, 0.15) is 0 Å². The van der Waals surface area contributed by atoms with Gasteiger partial charge in [-0.25, -0.2) is 0 Å². The van der Waals surface area contributed by atoms with Crippen molar-refractivity contribution in [2.75, 3.05) is 6.54 Å². The SMILES string of the molecule is C#CCN1C(=O)CC(SC2CCCCCCC2)C1=O. The second kappa shape index (κ2) is 7.00. The van der Waals surface area contributed by atoms with Crippen molar-refractivity contribution < 1.29 is 9.59 Å². The molecule has 2 amide bonds. The Hall–Kier alpha value is -0.950. The van der Waals surface area contributed by atoms with Crippen molar-refractivity contribution in [3.8, 4) is 12.3 Å². The minimum atomic E-state index is -0.190. The number of nitrogens with zero attached hydrogens (tertiary/aromatic N) is 1. The molecule has 2 fully saturated rings. The zero-order valence-electron chi connectivity index (χ0n) is 11.3. The molecular weight excluding hydrogens is 258 g/mol. The molecule has 0 radical (unpaired) electrons. The largest absolute Gasteiger partial charge is 0.274 e. The maximum atomic E-state index is 12.1. The maximum Gasteiger partial charge on any atom is 0.243 e. The molecule has 0 aromatic rings. The van der Waals surface area contributed by atoms with Gasteiger partial charge >= 0.3 is 0 Å². The van der Waals surface area contributed by atoms with Crippen LogP contribution < -0.4 is 0 Å². The lowest BCUT2D eigenvalue weighted by atomic mass is 10.0. The van der Waals surface area contributed by atoms with Gasteiger partial charge in [0.15, 0.2) is 0 Å². The van der Waals surface area contributed by atoms with Gasteiger partial charge in [0, 0.05) is 11.7 Å². The second-order valence-electron chi connectivity index (χ2n) is 5.32. The van der Waals surface area contributed by atoms with Crippen molar-refractivity contribution in [1.29, 1.82) is 0 Å². The molecule has 2 aliphatic rings. The number of imide groups is 1. The summed E-state index contributed by atoms with van der Waals surface area (Å²) >= 11 is 1.71. The Morgan fingerprint density at radius 1 is 1.16 bits per heavy atom. The topological polar surface area (TPSA) is 37.4 Å². The Bertz CT molecular complexity index is 380. The van der Waals surface area contributed by atoms with E-state index in [0.29, 0.717) is 11.7 Å². The minimum absolute atomic E-state index is 0.0741. The van der Waals surface area contributed by atoms with Gasteiger partial charge < -0.3 is 0 Å². The second-order valence-corrected chi connectivity index (χ2v) is 6.83. The van der Waals surface area contributed by atoms with Crippen molar-refractivity contribution >= 4 is 23.6 Å². The van der Waals surface area contributed by atoms with Crippen LogP contribution in [0.1, 0.15) is 51.4 Å². The highest BCUT2D eigenvalue weighted by Gasteiger charge is 2.39. The first-order valence-electron chi connectivity index (χ1n) is 7.15. The van der Waals surface area contributed by atoms with Gasteiger partial charge in [-0.05, 0) is 12.8 Å². The van der Waals surface area contributed by atoms with Gasteiger partial charge in [0.25, 0.3) is 0 Å². The smallest absolute Gasteiger partial charge is 0.243 e. The number of carbonyl (C=O) groups is 2. The van der Waals surface area contributed by atoms with Crippen molar-refractivity contribution in [2.45, 2.75) is 61.9 Å². The molecule has 0 bridgehead atoms. The van der Waals surface area contributed by atoms with Crippen LogP contribution in [0.3, 0.4) is 0 Å². The van der Waals surface area contributed by atoms with E-state index in [4.69, 9.17) is 6.42 Å². The molecule has 0 spiro atoms. The van der Waals surface area contributed by atoms with Crippen molar-refractivity contribution in [2.24, 2.45) is 0 Å². The zero-order valence-corrected chi connectivity index (χ0v) is 12.1. The number of terminal acetylenes is 1. The van der Waals surface area contributed by atoms with E-state index >= 15 is 0 Å². The normalized spacial score (nSPS) is 26.1. The molecule has 1 saturated heterocycles. The molecule has 0 N–H and O–H groups in total. The van der Waals surface area contributed by atoms with Gasteiger partial charge in [-0.2, -0.15) is 0 Å². The van der Waals surface area contributed by atoms with Gasteiger partial charge in [0.05, 0.1) is 11.8 Å². The molecule has 1 atom stereocenters. The van der Waals surface area contributed by atoms with E-state index in [0.717, 1.165) is 0 Å². The molecule has 0 aromatic heterocycles. The van der Waals surface area contributed by atoms with Gasteiger partial charge in [-0.1, -0.05) is 38.0 Å². The summed E-state index contributed by atoms with van der Waals surface area (Å²) in [7, 11) is 0. The Labute approximate surface area is 119 Å². The lowest BCUT2D eigenvalue weighted by Crippen LogP contribution is -2.32. The highest BCUT2D eigenvalue weighted by Crippen LogP contribution is 2.34. The van der Waals surface area contributed by atoms with Crippen LogP contribution in [0.15, 0.2) is 0 Å². The summed E-state index contributed by atoms with van der Waals surface area (Å²) in [6.45, 7) is 0.124. The fraction of sp³-hybridized carbons (Fsp3) is 0.733. The van der Waals surface area contributed by atoms with Crippen LogP contribution in [0.25, 0.3) is 0 Å². The van der Waals surface area contributed by atoms with Gasteiger partial charge in [0.2, 0.25) is 11.8 Å². The van der Waals surface area contributed by atoms with Crippen LogP contribution in [-0.2, 0) is 9.59 Å². The van der Waals surface area contributed by atoms with E-state index in [2.05, 4.69) is 5.92 Å². The summed E-state index contributed by atoms with van der Waals surface area (Å²) in [5.41, 5.74) is 0. The molecule has 0 aromatic carbocycles. The van der Waals surface area contributed by atoms with E-state index in [1.807, 2.05) is 0 Å². The highest BCUT2D eigenvalue weighted by atomic mass is 32.2. The minimum Gasteiger partial charge on any atom is -0.274 e. The van der Waals surface area contributed by atoms with Crippen LogP contribution in [0, 0.1) is 12.3 Å². The highest BCUT2D eigenvalue weighted by molar-refractivity contribution is 8.01. The van der Waals surface area contributed by atoms with Crippen LogP contribution in [-0.4, -0.2) is 33.8 Å². The summed E-state index contributed by atoms with van der Waals surface area (Å²) in [5, 5.41) is 0.345. The van der Waals surface area contributed by atoms with Crippen LogP contribution >= 0.6 is 11.8 Å².